The largest absolute Gasteiger partial charge is 0.286 e. The third-order valence-electron chi connectivity index (χ3n) is 1.16. The highest BCUT2D eigenvalue weighted by Crippen LogP contribution is 2.03. The Morgan fingerprint density at radius 2 is 2.20 bits per heavy atom. The highest BCUT2D eigenvalue weighted by Gasteiger charge is 2.05. The van der Waals surface area contributed by atoms with E-state index >= 15 is 0 Å². The second-order valence-corrected chi connectivity index (χ2v) is 3.82. The Labute approximate surface area is 61.5 Å². The van der Waals surface area contributed by atoms with E-state index in [0.717, 1.165) is 0 Å². The van der Waals surface area contributed by atoms with Crippen molar-refractivity contribution >= 4 is 10.1 Å². The summed E-state index contributed by atoms with van der Waals surface area (Å²) in [7, 11) is -3.80. The van der Waals surface area contributed by atoms with Gasteiger partial charge in [0.2, 0.25) is 0 Å². The molecule has 0 aromatic carbocycles. The molecule has 0 aliphatic carbocycles. The van der Waals surface area contributed by atoms with Crippen LogP contribution in [-0.2, 0) is 10.1 Å². The molecule has 0 aliphatic rings. The predicted octanol–water partition coefficient (Wildman–Crippen LogP) is 0.890. The first-order chi connectivity index (χ1) is 4.45. The second kappa shape index (κ2) is 3.73. The molecule has 1 atom stereocenters. The summed E-state index contributed by atoms with van der Waals surface area (Å²) in [6.07, 6.45) is 1.78. The van der Waals surface area contributed by atoms with Crippen LogP contribution in [0.2, 0.25) is 0 Å². The van der Waals surface area contributed by atoms with Crippen LogP contribution in [0.3, 0.4) is 0 Å². The Balaban J connectivity index is 3.66. The van der Waals surface area contributed by atoms with Crippen molar-refractivity contribution in [1.82, 2.24) is 0 Å². The molecule has 1 unspecified atom stereocenters. The van der Waals surface area contributed by atoms with Crippen molar-refractivity contribution in [3.8, 4) is 0 Å². The Hall–Kier alpha value is -0.350. The molecule has 10 heavy (non-hydrogen) atoms. The van der Waals surface area contributed by atoms with Gasteiger partial charge in [-0.1, -0.05) is 19.6 Å². The Kier molecular flexibility index (Phi) is 3.60. The van der Waals surface area contributed by atoms with Crippen LogP contribution in [0.1, 0.15) is 13.3 Å². The van der Waals surface area contributed by atoms with Gasteiger partial charge in [-0.25, -0.2) is 0 Å². The average molecular weight is 163 g/mol. The van der Waals surface area contributed by atoms with Crippen LogP contribution in [0.25, 0.3) is 0 Å². The average Bonchev–Trinajstić information content (AvgIpc) is 1.81. The normalized spacial score (nSPS) is 14.6. The summed E-state index contributed by atoms with van der Waals surface area (Å²) in [5.74, 6) is -0.191. The molecule has 0 fully saturated rings. The zero-order valence-corrected chi connectivity index (χ0v) is 6.63. The van der Waals surface area contributed by atoms with E-state index in [1.54, 1.807) is 6.92 Å². The Bertz CT molecular complexity index is 193. The quantitative estimate of drug-likeness (QED) is 0.626. The number of allylic oxidation sites excluding steroid dienone is 1. The molecule has 0 aliphatic heterocycles. The molecular weight excluding hydrogens is 152 g/mol. The summed E-state index contributed by atoms with van der Waals surface area (Å²) in [5, 5.41) is 0. The lowest BCUT2D eigenvalue weighted by Crippen LogP contribution is -2.06. The summed E-state index contributed by atoms with van der Waals surface area (Å²) in [6, 6.07) is 0. The summed E-state index contributed by atoms with van der Waals surface area (Å²) in [6.45, 7) is 6.88. The second-order valence-electron chi connectivity index (χ2n) is 2.24. The van der Waals surface area contributed by atoms with Crippen molar-refractivity contribution in [2.24, 2.45) is 5.92 Å². The zero-order chi connectivity index (χ0) is 8.20. The van der Waals surface area contributed by atoms with Gasteiger partial charge in [0, 0.05) is 0 Å². The van der Waals surface area contributed by atoms with Crippen molar-refractivity contribution in [2.75, 3.05) is 5.75 Å². The van der Waals surface area contributed by atoms with Crippen LogP contribution in [0.4, 0.5) is 0 Å². The van der Waals surface area contributed by atoms with Crippen LogP contribution in [0, 0.1) is 12.5 Å². The van der Waals surface area contributed by atoms with Gasteiger partial charge in [-0.2, -0.15) is 8.42 Å². The van der Waals surface area contributed by atoms with Crippen LogP contribution >= 0.6 is 0 Å². The van der Waals surface area contributed by atoms with Gasteiger partial charge in [-0.15, -0.1) is 0 Å². The lowest BCUT2D eigenvalue weighted by Gasteiger charge is -2.01. The van der Waals surface area contributed by atoms with Crippen LogP contribution in [-0.4, -0.2) is 18.7 Å². The molecule has 0 amide bonds. The number of hydrogen-bond acceptors (Lipinski definition) is 2. The highest BCUT2D eigenvalue weighted by atomic mass is 32.2. The summed E-state index contributed by atoms with van der Waals surface area (Å²) in [5.41, 5.74) is 0. The molecule has 0 bridgehead atoms. The van der Waals surface area contributed by atoms with Crippen LogP contribution < -0.4 is 0 Å². The summed E-state index contributed by atoms with van der Waals surface area (Å²) < 4.78 is 28.6. The SMILES string of the molecule is [CH]=CC(C)CCS(=O)(=O)O. The third-order valence-corrected chi connectivity index (χ3v) is 1.91. The fourth-order valence-electron chi connectivity index (χ4n) is 0.431. The highest BCUT2D eigenvalue weighted by molar-refractivity contribution is 7.85. The summed E-state index contributed by atoms with van der Waals surface area (Å²) >= 11 is 0. The molecule has 0 heterocycles. The smallest absolute Gasteiger partial charge is 0.264 e. The van der Waals surface area contributed by atoms with Gasteiger partial charge in [0.1, 0.15) is 0 Å². The van der Waals surface area contributed by atoms with Crippen molar-refractivity contribution < 1.29 is 13.0 Å². The molecular formula is C6H11O3S. The zero-order valence-electron chi connectivity index (χ0n) is 5.82. The van der Waals surface area contributed by atoms with Gasteiger partial charge in [-0.3, -0.25) is 4.55 Å². The van der Waals surface area contributed by atoms with Gasteiger partial charge in [0.05, 0.1) is 5.75 Å². The minimum atomic E-state index is -3.80. The minimum absolute atomic E-state index is 0.0296. The first-order valence-corrected chi connectivity index (χ1v) is 4.57. The summed E-state index contributed by atoms with van der Waals surface area (Å²) in [4.78, 5) is 0. The van der Waals surface area contributed by atoms with Crippen molar-refractivity contribution in [2.45, 2.75) is 13.3 Å². The van der Waals surface area contributed by atoms with Gasteiger partial charge >= 0.3 is 0 Å². The lowest BCUT2D eigenvalue weighted by molar-refractivity contribution is 0.477. The Morgan fingerprint density at radius 3 is 2.50 bits per heavy atom. The van der Waals surface area contributed by atoms with E-state index in [0.29, 0.717) is 6.42 Å². The lowest BCUT2D eigenvalue weighted by atomic mass is 10.1. The van der Waals surface area contributed by atoms with Gasteiger partial charge in [0.25, 0.3) is 10.1 Å². The van der Waals surface area contributed by atoms with Gasteiger partial charge < -0.3 is 0 Å². The van der Waals surface area contributed by atoms with E-state index in [2.05, 4.69) is 0 Å². The molecule has 0 saturated heterocycles. The van der Waals surface area contributed by atoms with E-state index in [-0.39, 0.29) is 11.7 Å². The first-order valence-electron chi connectivity index (χ1n) is 2.96. The van der Waals surface area contributed by atoms with E-state index in [4.69, 9.17) is 11.1 Å². The number of hydrogen-bond donors (Lipinski definition) is 1. The van der Waals surface area contributed by atoms with E-state index in [1.807, 2.05) is 0 Å². The third kappa shape index (κ3) is 5.78. The van der Waals surface area contributed by atoms with E-state index < -0.39 is 10.1 Å². The van der Waals surface area contributed by atoms with Crippen LogP contribution in [0.15, 0.2) is 6.08 Å². The molecule has 0 aromatic rings. The molecule has 59 valence electrons. The molecule has 3 nitrogen and oxygen atoms in total. The molecule has 0 spiro atoms. The van der Waals surface area contributed by atoms with Crippen LogP contribution in [0.5, 0.6) is 0 Å². The standard InChI is InChI=1S/C6H11O3S/c1-3-6(2)4-5-10(7,8)9/h1,3,6H,4-5H2,2H3,(H,7,8,9). The van der Waals surface area contributed by atoms with Crippen molar-refractivity contribution in [3.05, 3.63) is 12.7 Å². The van der Waals surface area contributed by atoms with Crippen molar-refractivity contribution in [3.63, 3.8) is 0 Å². The molecule has 0 saturated carbocycles. The molecule has 0 aromatic heterocycles. The van der Waals surface area contributed by atoms with E-state index in [1.165, 1.54) is 6.08 Å². The van der Waals surface area contributed by atoms with E-state index in [9.17, 15) is 8.42 Å². The molecule has 1 radical (unpaired) electrons. The maximum atomic E-state index is 10.2. The Morgan fingerprint density at radius 1 is 1.70 bits per heavy atom. The predicted molar refractivity (Wildman–Crippen MR) is 39.1 cm³/mol. The van der Waals surface area contributed by atoms with Gasteiger partial charge in [-0.05, 0) is 12.3 Å². The van der Waals surface area contributed by atoms with Gasteiger partial charge in [0.15, 0.2) is 0 Å². The maximum absolute atomic E-state index is 10.2. The monoisotopic (exact) mass is 163 g/mol. The molecule has 0 rings (SSSR count). The van der Waals surface area contributed by atoms with Crippen molar-refractivity contribution in [1.29, 1.82) is 0 Å². The first kappa shape index (κ1) is 9.65. The maximum Gasteiger partial charge on any atom is 0.264 e. The molecule has 1 N–H and O–H groups in total. The fraction of sp³-hybridized carbons (Fsp3) is 0.667. The number of rotatable bonds is 4. The molecule has 4 heteroatoms. The minimum Gasteiger partial charge on any atom is -0.286 e. The fourth-order valence-corrected chi connectivity index (χ4v) is 1.10. The topological polar surface area (TPSA) is 54.4 Å².